The molecule has 268 valence electrons. The zero-order chi connectivity index (χ0) is 36.3. The van der Waals surface area contributed by atoms with E-state index < -0.39 is 47.2 Å². The van der Waals surface area contributed by atoms with Gasteiger partial charge in [0.25, 0.3) is 5.91 Å². The number of alkyl carbamates (subject to hydrolysis) is 1. The Bertz CT molecular complexity index is 1720. The highest BCUT2D eigenvalue weighted by Crippen LogP contribution is 2.43. The summed E-state index contributed by atoms with van der Waals surface area (Å²) >= 11 is 1.38. The lowest BCUT2D eigenvalue weighted by atomic mass is 10.00. The molecule has 4 heterocycles. The Morgan fingerprint density at radius 2 is 1.69 bits per heavy atom. The molecule has 12 nitrogen and oxygen atoms in total. The smallest absolute Gasteiger partial charge is 0.410 e. The highest BCUT2D eigenvalue weighted by molar-refractivity contribution is 8.00. The standard InChI is InChI=1S/C38H42N4O8S/c1-5-20-48-37(47)40-18-17-28(22-40)41-19-16-26(32(41)43)21-27-23-51-34-29(39-36(46)50-38(2,3)4)33(44)42(34)30(27)35(45)49-31(24-12-8-6-9-13-24)25-14-10-7-11-15-25/h5-15,21,28-29,31,34H,1,16-20,22-23H2,2-4H3,(H,39,46)/b26-21+/t28-,29-,34-/m1/s1. The summed E-state index contributed by atoms with van der Waals surface area (Å²) in [6, 6.07) is 17.6. The van der Waals surface area contributed by atoms with Crippen LogP contribution in [0.15, 0.2) is 96.2 Å². The molecule has 0 spiro atoms. The van der Waals surface area contributed by atoms with Gasteiger partial charge in [-0.25, -0.2) is 14.4 Å². The molecular formula is C38H42N4O8S. The molecule has 0 saturated carbocycles. The van der Waals surface area contributed by atoms with Crippen LogP contribution in [-0.2, 0) is 28.6 Å². The third-order valence-corrected chi connectivity index (χ3v) is 10.3. The summed E-state index contributed by atoms with van der Waals surface area (Å²) in [6.07, 6.45) is 2.32. The van der Waals surface area contributed by atoms with Crippen LogP contribution in [0.5, 0.6) is 0 Å². The molecule has 4 aliphatic heterocycles. The lowest BCUT2D eigenvalue weighted by molar-refractivity contribution is -0.153. The van der Waals surface area contributed by atoms with Crippen molar-refractivity contribution in [2.24, 2.45) is 0 Å². The minimum atomic E-state index is -0.909. The van der Waals surface area contributed by atoms with Gasteiger partial charge in [-0.15, -0.1) is 11.8 Å². The van der Waals surface area contributed by atoms with Crippen LogP contribution in [0, 0.1) is 0 Å². The number of fused-ring (bicyclic) bond motifs is 1. The SMILES string of the molecule is C=CCOC(=O)N1CC[C@@H](N2CC/C(=C\C3=C(C(=O)OC(c4ccccc4)c4ccccc4)N4C(=O)[C@@H](NC(=O)OC(C)(C)C)[C@H]4SC3)C2=O)C1. The van der Waals surface area contributed by atoms with E-state index in [0.717, 1.165) is 11.1 Å². The molecule has 0 radical (unpaired) electrons. The van der Waals surface area contributed by atoms with E-state index in [4.69, 9.17) is 14.2 Å². The summed E-state index contributed by atoms with van der Waals surface area (Å²) < 4.78 is 16.8. The molecule has 0 bridgehead atoms. The number of carbonyl (C=O) groups excluding carboxylic acids is 5. The van der Waals surface area contributed by atoms with Crippen molar-refractivity contribution in [3.8, 4) is 0 Å². The number of hydrogen-bond acceptors (Lipinski definition) is 9. The van der Waals surface area contributed by atoms with Gasteiger partial charge in [-0.3, -0.25) is 14.5 Å². The summed E-state index contributed by atoms with van der Waals surface area (Å²) in [4.78, 5) is 71.6. The molecule has 2 aromatic rings. The van der Waals surface area contributed by atoms with E-state index in [1.807, 2.05) is 60.7 Å². The zero-order valence-corrected chi connectivity index (χ0v) is 29.7. The second-order valence-electron chi connectivity index (χ2n) is 13.7. The number of β-lactam (4-membered cyclic amide) rings is 1. The van der Waals surface area contributed by atoms with Crippen LogP contribution in [-0.4, -0.2) is 99.7 Å². The molecule has 4 aliphatic rings. The van der Waals surface area contributed by atoms with Crippen molar-refractivity contribution in [1.82, 2.24) is 20.0 Å². The molecule has 3 fully saturated rings. The third-order valence-electron chi connectivity index (χ3n) is 8.99. The normalized spacial score (nSPS) is 22.5. The van der Waals surface area contributed by atoms with Crippen LogP contribution >= 0.6 is 11.8 Å². The Labute approximate surface area is 301 Å². The van der Waals surface area contributed by atoms with Crippen LogP contribution < -0.4 is 5.32 Å². The molecule has 2 aromatic carbocycles. The van der Waals surface area contributed by atoms with Gasteiger partial charge >= 0.3 is 18.2 Å². The average Bonchev–Trinajstić information content (AvgIpc) is 3.75. The summed E-state index contributed by atoms with van der Waals surface area (Å²) in [7, 11) is 0. The number of carbonyl (C=O) groups is 5. The molecule has 51 heavy (non-hydrogen) atoms. The fourth-order valence-electron chi connectivity index (χ4n) is 6.63. The van der Waals surface area contributed by atoms with E-state index in [2.05, 4.69) is 11.9 Å². The summed E-state index contributed by atoms with van der Waals surface area (Å²) in [5, 5.41) is 2.08. The number of rotatable bonds is 9. The van der Waals surface area contributed by atoms with Crippen molar-refractivity contribution in [2.75, 3.05) is 32.0 Å². The molecule has 0 aliphatic carbocycles. The largest absolute Gasteiger partial charge is 0.448 e. The number of nitrogens with one attached hydrogen (secondary N) is 1. The maximum absolute atomic E-state index is 14.3. The fourth-order valence-corrected chi connectivity index (χ4v) is 7.94. The van der Waals surface area contributed by atoms with Crippen LogP contribution in [0.1, 0.15) is 50.8 Å². The van der Waals surface area contributed by atoms with Crippen molar-refractivity contribution in [3.05, 3.63) is 107 Å². The van der Waals surface area contributed by atoms with Gasteiger partial charge in [0, 0.05) is 31.0 Å². The summed E-state index contributed by atoms with van der Waals surface area (Å²) in [5.41, 5.74) is 1.76. The van der Waals surface area contributed by atoms with E-state index >= 15 is 0 Å². The number of amides is 4. The molecule has 0 aromatic heterocycles. The number of ether oxygens (including phenoxy) is 3. The first-order valence-electron chi connectivity index (χ1n) is 17.0. The van der Waals surface area contributed by atoms with E-state index in [0.29, 0.717) is 43.6 Å². The van der Waals surface area contributed by atoms with Crippen molar-refractivity contribution in [3.63, 3.8) is 0 Å². The van der Waals surface area contributed by atoms with Crippen molar-refractivity contribution >= 4 is 41.7 Å². The molecule has 6 rings (SSSR count). The van der Waals surface area contributed by atoms with Gasteiger partial charge in [-0.05, 0) is 56.4 Å². The van der Waals surface area contributed by atoms with Gasteiger partial charge in [0.2, 0.25) is 5.91 Å². The second kappa shape index (κ2) is 15.1. The third kappa shape index (κ3) is 7.83. The van der Waals surface area contributed by atoms with Crippen LogP contribution in [0.2, 0.25) is 0 Å². The predicted octanol–water partition coefficient (Wildman–Crippen LogP) is 4.94. The highest BCUT2D eigenvalue weighted by atomic mass is 32.2. The quantitative estimate of drug-likeness (QED) is 0.126. The van der Waals surface area contributed by atoms with Crippen molar-refractivity contribution in [1.29, 1.82) is 0 Å². The Kier molecular flexibility index (Phi) is 10.6. The topological polar surface area (TPSA) is 135 Å². The predicted molar refractivity (Wildman–Crippen MR) is 190 cm³/mol. The fraction of sp³-hybridized carbons (Fsp3) is 0.395. The lowest BCUT2D eigenvalue weighted by Gasteiger charge is -2.49. The highest BCUT2D eigenvalue weighted by Gasteiger charge is 2.55. The number of nitrogens with zero attached hydrogens (tertiary/aromatic N) is 3. The van der Waals surface area contributed by atoms with E-state index in [1.165, 1.54) is 22.7 Å². The first kappa shape index (κ1) is 35.8. The summed E-state index contributed by atoms with van der Waals surface area (Å²) in [6.45, 7) is 10.2. The number of esters is 1. The molecule has 3 saturated heterocycles. The maximum Gasteiger partial charge on any atom is 0.410 e. The second-order valence-corrected chi connectivity index (χ2v) is 14.8. The van der Waals surface area contributed by atoms with Gasteiger partial charge in [0.1, 0.15) is 29.3 Å². The van der Waals surface area contributed by atoms with Gasteiger partial charge in [-0.1, -0.05) is 73.3 Å². The van der Waals surface area contributed by atoms with Crippen LogP contribution in [0.4, 0.5) is 9.59 Å². The number of hydrogen-bond donors (Lipinski definition) is 1. The Hall–Kier alpha value is -5.04. The minimum absolute atomic E-state index is 0.0404. The molecule has 3 atom stereocenters. The Morgan fingerprint density at radius 3 is 2.31 bits per heavy atom. The van der Waals surface area contributed by atoms with Crippen LogP contribution in [0.25, 0.3) is 0 Å². The first-order valence-corrected chi connectivity index (χ1v) is 18.0. The molecule has 0 unspecified atom stereocenters. The van der Waals surface area contributed by atoms with Gasteiger partial charge in [-0.2, -0.15) is 0 Å². The number of likely N-dealkylation sites (tertiary alicyclic amines) is 2. The van der Waals surface area contributed by atoms with E-state index in [9.17, 15) is 24.0 Å². The van der Waals surface area contributed by atoms with Gasteiger partial charge in [0.15, 0.2) is 6.10 Å². The molecule has 4 amide bonds. The lowest BCUT2D eigenvalue weighted by Crippen LogP contribution is -2.70. The average molecular weight is 715 g/mol. The zero-order valence-electron chi connectivity index (χ0n) is 28.9. The first-order chi connectivity index (χ1) is 24.4. The van der Waals surface area contributed by atoms with Crippen molar-refractivity contribution < 1.29 is 38.2 Å². The van der Waals surface area contributed by atoms with Gasteiger partial charge < -0.3 is 29.3 Å². The maximum atomic E-state index is 14.3. The number of benzene rings is 2. The van der Waals surface area contributed by atoms with Gasteiger partial charge in [0.05, 0.1) is 6.04 Å². The van der Waals surface area contributed by atoms with E-state index in [-0.39, 0.29) is 30.0 Å². The molecular weight excluding hydrogens is 673 g/mol. The number of thioether (sulfide) groups is 1. The monoisotopic (exact) mass is 714 g/mol. The Morgan fingerprint density at radius 1 is 1.02 bits per heavy atom. The van der Waals surface area contributed by atoms with E-state index in [1.54, 1.807) is 36.6 Å². The molecule has 13 heteroatoms. The molecule has 1 N–H and O–H groups in total. The number of allylic oxidation sites excluding steroid dienone is 1. The van der Waals surface area contributed by atoms with Crippen molar-refractivity contribution in [2.45, 2.75) is 62.8 Å². The van der Waals surface area contributed by atoms with Crippen LogP contribution in [0.3, 0.4) is 0 Å². The Balaban J connectivity index is 1.28. The summed E-state index contributed by atoms with van der Waals surface area (Å²) in [5.74, 6) is -1.10. The minimum Gasteiger partial charge on any atom is -0.448 e.